The van der Waals surface area contributed by atoms with Crippen molar-refractivity contribution in [3.05, 3.63) is 78.8 Å². The van der Waals surface area contributed by atoms with Crippen molar-refractivity contribution in [3.63, 3.8) is 0 Å². The normalized spacial score (nSPS) is 16.3. The van der Waals surface area contributed by atoms with E-state index in [1.807, 2.05) is 79.5 Å². The predicted octanol–water partition coefficient (Wildman–Crippen LogP) is 4.45. The summed E-state index contributed by atoms with van der Waals surface area (Å²) in [7, 11) is 1.71. The maximum Gasteiger partial charge on any atom is 0.144 e. The maximum absolute atomic E-state index is 11.2. The zero-order valence-electron chi connectivity index (χ0n) is 20.6. The van der Waals surface area contributed by atoms with Gasteiger partial charge >= 0.3 is 0 Å². The van der Waals surface area contributed by atoms with Crippen molar-refractivity contribution in [2.75, 3.05) is 38.2 Å². The molecule has 0 radical (unpaired) electrons. The third-order valence-corrected chi connectivity index (χ3v) is 6.72. The number of anilines is 1. The van der Waals surface area contributed by atoms with Gasteiger partial charge < -0.3 is 14.7 Å². The minimum Gasteiger partial charge on any atom is -0.494 e. The highest BCUT2D eigenvalue weighted by atomic mass is 16.5. The molecule has 5 rings (SSSR count). The lowest BCUT2D eigenvalue weighted by Crippen LogP contribution is -2.44. The van der Waals surface area contributed by atoms with Gasteiger partial charge in [0.25, 0.3) is 0 Å². The van der Waals surface area contributed by atoms with Crippen molar-refractivity contribution in [1.82, 2.24) is 19.7 Å². The molecule has 1 unspecified atom stereocenters. The van der Waals surface area contributed by atoms with Crippen LogP contribution in [0, 0.1) is 0 Å². The Morgan fingerprint density at radius 3 is 2.54 bits per heavy atom. The van der Waals surface area contributed by atoms with E-state index in [4.69, 9.17) is 9.84 Å². The molecule has 1 aliphatic rings. The number of aliphatic hydroxyl groups is 1. The molecular formula is C28H33N5O2. The highest BCUT2D eigenvalue weighted by Gasteiger charge is 2.36. The summed E-state index contributed by atoms with van der Waals surface area (Å²) in [5, 5.41) is 17.2. The maximum atomic E-state index is 11.2. The molecule has 35 heavy (non-hydrogen) atoms. The second-order valence-corrected chi connectivity index (χ2v) is 9.65. The van der Waals surface area contributed by atoms with E-state index < -0.39 is 5.60 Å². The largest absolute Gasteiger partial charge is 0.494 e. The molecule has 0 aliphatic carbocycles. The Labute approximate surface area is 206 Å². The molecule has 4 aromatic rings. The number of hydrogen-bond donors (Lipinski definition) is 1. The number of methoxy groups -OCH3 is 1. The van der Waals surface area contributed by atoms with Gasteiger partial charge in [-0.3, -0.25) is 9.88 Å². The zero-order chi connectivity index (χ0) is 24.4. The quantitative estimate of drug-likeness (QED) is 0.448. The van der Waals surface area contributed by atoms with Gasteiger partial charge in [-0.2, -0.15) is 5.10 Å². The van der Waals surface area contributed by atoms with Crippen molar-refractivity contribution >= 4 is 16.6 Å². The molecule has 1 aliphatic heterocycles. The van der Waals surface area contributed by atoms with E-state index in [9.17, 15) is 5.11 Å². The van der Waals surface area contributed by atoms with Gasteiger partial charge in [-0.1, -0.05) is 24.3 Å². The molecule has 1 fully saturated rings. The Bertz CT molecular complexity index is 1280. The molecule has 3 heterocycles. The van der Waals surface area contributed by atoms with Gasteiger partial charge in [0.15, 0.2) is 0 Å². The summed E-state index contributed by atoms with van der Waals surface area (Å²) in [4.78, 5) is 9.42. The van der Waals surface area contributed by atoms with Gasteiger partial charge in [0.2, 0.25) is 0 Å². The highest BCUT2D eigenvalue weighted by molar-refractivity contribution is 5.94. The summed E-state index contributed by atoms with van der Waals surface area (Å²) >= 11 is 0. The first kappa shape index (κ1) is 23.3. The second-order valence-electron chi connectivity index (χ2n) is 9.65. The molecule has 1 atom stereocenters. The highest BCUT2D eigenvalue weighted by Crippen LogP contribution is 2.37. The average Bonchev–Trinajstić information content (AvgIpc) is 3.22. The van der Waals surface area contributed by atoms with Gasteiger partial charge in [-0.15, -0.1) is 0 Å². The number of aromatic nitrogens is 3. The minimum absolute atomic E-state index is 0.222. The fraction of sp³-hybridized carbons (Fsp3) is 0.357. The van der Waals surface area contributed by atoms with E-state index >= 15 is 0 Å². The lowest BCUT2D eigenvalue weighted by atomic mass is 9.94. The van der Waals surface area contributed by atoms with E-state index in [1.165, 1.54) is 0 Å². The van der Waals surface area contributed by atoms with Gasteiger partial charge in [-0.05, 0) is 56.7 Å². The van der Waals surface area contributed by atoms with Crippen LogP contribution in [0.5, 0.6) is 5.75 Å². The Balaban J connectivity index is 1.43. The molecule has 0 amide bonds. The number of rotatable bonds is 6. The molecule has 0 bridgehead atoms. The molecule has 0 spiro atoms. The minimum atomic E-state index is -0.955. The number of pyridine rings is 1. The third kappa shape index (κ3) is 4.74. The van der Waals surface area contributed by atoms with Gasteiger partial charge in [0.05, 0.1) is 35.7 Å². The second kappa shape index (κ2) is 9.68. The van der Waals surface area contributed by atoms with Crippen LogP contribution in [0.2, 0.25) is 0 Å². The summed E-state index contributed by atoms with van der Waals surface area (Å²) in [5.74, 6) is 0.838. The SMILES string of the molecule is COc1ccc2cccnc2c1N1CCCN(C(c2ccn(-c3ccccc3)n2)C(C)(C)O)CC1. The van der Waals surface area contributed by atoms with Crippen LogP contribution in [-0.2, 0) is 0 Å². The molecule has 1 N–H and O–H groups in total. The average molecular weight is 472 g/mol. The third-order valence-electron chi connectivity index (χ3n) is 6.72. The number of ether oxygens (including phenoxy) is 1. The molecule has 2 aromatic carbocycles. The molecule has 1 saturated heterocycles. The fourth-order valence-corrected chi connectivity index (χ4v) is 5.20. The van der Waals surface area contributed by atoms with E-state index in [-0.39, 0.29) is 6.04 Å². The monoisotopic (exact) mass is 471 g/mol. The smallest absolute Gasteiger partial charge is 0.144 e. The zero-order valence-corrected chi connectivity index (χ0v) is 20.6. The number of nitrogens with zero attached hydrogens (tertiary/aromatic N) is 5. The van der Waals surface area contributed by atoms with Crippen LogP contribution in [0.4, 0.5) is 5.69 Å². The lowest BCUT2D eigenvalue weighted by molar-refractivity contribution is -0.0214. The number of benzene rings is 2. The van der Waals surface area contributed by atoms with Crippen LogP contribution in [0.1, 0.15) is 32.0 Å². The summed E-state index contributed by atoms with van der Waals surface area (Å²) < 4.78 is 7.62. The van der Waals surface area contributed by atoms with Crippen molar-refractivity contribution in [3.8, 4) is 11.4 Å². The lowest BCUT2D eigenvalue weighted by Gasteiger charge is -2.37. The van der Waals surface area contributed by atoms with E-state index in [0.717, 1.165) is 66.3 Å². The molecule has 0 saturated carbocycles. The van der Waals surface area contributed by atoms with Crippen LogP contribution in [0.3, 0.4) is 0 Å². The topological polar surface area (TPSA) is 66.7 Å². The summed E-state index contributed by atoms with van der Waals surface area (Å²) in [6.45, 7) is 7.10. The fourth-order valence-electron chi connectivity index (χ4n) is 5.20. The van der Waals surface area contributed by atoms with Crippen molar-refractivity contribution in [1.29, 1.82) is 0 Å². The van der Waals surface area contributed by atoms with E-state index in [1.54, 1.807) is 7.11 Å². The van der Waals surface area contributed by atoms with E-state index in [2.05, 4.69) is 26.9 Å². The molecule has 182 valence electrons. The predicted molar refractivity (Wildman–Crippen MR) is 139 cm³/mol. The Hall–Kier alpha value is -3.42. The van der Waals surface area contributed by atoms with Gasteiger partial charge in [0, 0.05) is 44.0 Å². The molecule has 7 nitrogen and oxygen atoms in total. The standard InChI is InChI=1S/C28H33N5O2/c1-28(2,34)27(23-14-18-33(30-23)22-10-5-4-6-11-22)32-17-8-16-31(19-20-32)26-24(35-3)13-12-21-9-7-15-29-25(21)26/h4-7,9-15,18,27,34H,8,16-17,19-20H2,1-3H3. The van der Waals surface area contributed by atoms with Crippen LogP contribution >= 0.6 is 0 Å². The number of hydrogen-bond acceptors (Lipinski definition) is 6. The summed E-state index contributed by atoms with van der Waals surface area (Å²) in [6.07, 6.45) is 4.77. The van der Waals surface area contributed by atoms with Crippen molar-refractivity contribution < 1.29 is 9.84 Å². The number of fused-ring (bicyclic) bond motifs is 1. The van der Waals surface area contributed by atoms with Crippen molar-refractivity contribution in [2.45, 2.75) is 31.9 Å². The first-order valence-corrected chi connectivity index (χ1v) is 12.2. The Kier molecular flexibility index (Phi) is 6.45. The van der Waals surface area contributed by atoms with Gasteiger partial charge in [-0.25, -0.2) is 4.68 Å². The molecular weight excluding hydrogens is 438 g/mol. The Morgan fingerprint density at radius 1 is 0.943 bits per heavy atom. The van der Waals surface area contributed by atoms with Crippen LogP contribution in [-0.4, -0.2) is 63.7 Å². The molecule has 2 aromatic heterocycles. The summed E-state index contributed by atoms with van der Waals surface area (Å²) in [5.41, 5.74) is 2.93. The first-order chi connectivity index (χ1) is 17.0. The number of para-hydroxylation sites is 1. The van der Waals surface area contributed by atoms with Crippen LogP contribution in [0.15, 0.2) is 73.1 Å². The van der Waals surface area contributed by atoms with Gasteiger partial charge in [0.1, 0.15) is 11.4 Å². The van der Waals surface area contributed by atoms with Crippen LogP contribution < -0.4 is 9.64 Å². The first-order valence-electron chi connectivity index (χ1n) is 12.2. The Morgan fingerprint density at radius 2 is 1.77 bits per heavy atom. The van der Waals surface area contributed by atoms with Crippen LogP contribution in [0.25, 0.3) is 16.6 Å². The molecule has 7 heteroatoms. The summed E-state index contributed by atoms with van der Waals surface area (Å²) in [6, 6.07) is 20.0. The van der Waals surface area contributed by atoms with E-state index in [0.29, 0.717) is 0 Å². The van der Waals surface area contributed by atoms with Crippen molar-refractivity contribution in [2.24, 2.45) is 0 Å².